The third-order valence-corrected chi connectivity index (χ3v) is 5.94. The summed E-state index contributed by atoms with van der Waals surface area (Å²) in [5, 5.41) is 6.13. The molecule has 1 unspecified atom stereocenters. The highest BCUT2D eigenvalue weighted by atomic mass is 127. The molecule has 1 aromatic rings. The Bertz CT molecular complexity index is 771. The van der Waals surface area contributed by atoms with Crippen LogP contribution in [0.25, 0.3) is 0 Å². The van der Waals surface area contributed by atoms with Crippen LogP contribution >= 0.6 is 24.0 Å². The van der Waals surface area contributed by atoms with Gasteiger partial charge in [0.25, 0.3) is 5.91 Å². The SMILES string of the molecule is CC1(C2CC2)NC(=O)N(c2ccc(CN=C(N)NC3CCCC3)cc2)C1=O.I. The van der Waals surface area contributed by atoms with E-state index in [9.17, 15) is 9.59 Å². The second kappa shape index (κ2) is 8.26. The number of aliphatic imine (C=N–C) groups is 1. The van der Waals surface area contributed by atoms with Gasteiger partial charge in [0.2, 0.25) is 0 Å². The summed E-state index contributed by atoms with van der Waals surface area (Å²) in [6.07, 6.45) is 6.77. The van der Waals surface area contributed by atoms with Gasteiger partial charge in [-0.05, 0) is 56.2 Å². The minimum Gasteiger partial charge on any atom is -0.370 e. The van der Waals surface area contributed by atoms with Crippen LogP contribution < -0.4 is 21.3 Å². The first kappa shape index (κ1) is 20.9. The van der Waals surface area contributed by atoms with Crippen LogP contribution in [-0.4, -0.2) is 29.5 Å². The topological polar surface area (TPSA) is 99.8 Å². The summed E-state index contributed by atoms with van der Waals surface area (Å²) >= 11 is 0. The van der Waals surface area contributed by atoms with E-state index >= 15 is 0 Å². The molecule has 1 atom stereocenters. The number of carbonyl (C=O) groups excluding carboxylic acids is 2. The first-order valence-corrected chi connectivity index (χ1v) is 9.79. The van der Waals surface area contributed by atoms with E-state index in [0.717, 1.165) is 31.2 Å². The number of nitrogens with two attached hydrogens (primary N) is 1. The normalized spacial score (nSPS) is 25.6. The van der Waals surface area contributed by atoms with Crippen molar-refractivity contribution >= 4 is 47.6 Å². The number of benzene rings is 1. The van der Waals surface area contributed by atoms with Gasteiger partial charge in [-0.25, -0.2) is 14.7 Å². The number of guanidine groups is 1. The van der Waals surface area contributed by atoms with E-state index < -0.39 is 5.54 Å². The van der Waals surface area contributed by atoms with Crippen molar-refractivity contribution in [1.82, 2.24) is 10.6 Å². The highest BCUT2D eigenvalue weighted by Gasteiger charge is 2.56. The zero-order chi connectivity index (χ0) is 19.0. The Balaban J connectivity index is 0.00000225. The van der Waals surface area contributed by atoms with E-state index in [1.54, 1.807) is 12.1 Å². The number of anilines is 1. The van der Waals surface area contributed by atoms with Crippen LogP contribution in [0.15, 0.2) is 29.3 Å². The van der Waals surface area contributed by atoms with Crippen LogP contribution in [-0.2, 0) is 11.3 Å². The van der Waals surface area contributed by atoms with E-state index in [-0.39, 0.29) is 41.8 Å². The Labute approximate surface area is 182 Å². The molecule has 1 saturated heterocycles. The second-order valence-corrected chi connectivity index (χ2v) is 8.04. The van der Waals surface area contributed by atoms with Crippen molar-refractivity contribution in [3.05, 3.63) is 29.8 Å². The Morgan fingerprint density at radius 3 is 2.46 bits per heavy atom. The lowest BCUT2D eigenvalue weighted by atomic mass is 9.96. The fourth-order valence-corrected chi connectivity index (χ4v) is 4.08. The highest BCUT2D eigenvalue weighted by Crippen LogP contribution is 2.43. The quantitative estimate of drug-likeness (QED) is 0.252. The monoisotopic (exact) mass is 497 g/mol. The van der Waals surface area contributed by atoms with Gasteiger partial charge in [0.1, 0.15) is 5.54 Å². The average molecular weight is 497 g/mol. The maximum absolute atomic E-state index is 12.8. The minimum absolute atomic E-state index is 0. The van der Waals surface area contributed by atoms with Crippen molar-refractivity contribution < 1.29 is 9.59 Å². The smallest absolute Gasteiger partial charge is 0.329 e. The fourth-order valence-electron chi connectivity index (χ4n) is 4.08. The Morgan fingerprint density at radius 1 is 1.21 bits per heavy atom. The first-order chi connectivity index (χ1) is 13.0. The molecule has 1 heterocycles. The first-order valence-electron chi connectivity index (χ1n) is 9.79. The molecular weight excluding hydrogens is 469 g/mol. The molecule has 0 aromatic heterocycles. The minimum atomic E-state index is -0.763. The number of hydrogen-bond acceptors (Lipinski definition) is 3. The molecule has 0 spiro atoms. The van der Waals surface area contributed by atoms with E-state index in [1.807, 2.05) is 19.1 Å². The van der Waals surface area contributed by atoms with Gasteiger partial charge in [-0.15, -0.1) is 24.0 Å². The Morgan fingerprint density at radius 2 is 1.86 bits per heavy atom. The van der Waals surface area contributed by atoms with Crippen LogP contribution in [0.4, 0.5) is 10.5 Å². The molecule has 4 rings (SSSR count). The molecule has 152 valence electrons. The van der Waals surface area contributed by atoms with Crippen LogP contribution in [0.5, 0.6) is 0 Å². The molecule has 8 heteroatoms. The highest BCUT2D eigenvalue weighted by molar-refractivity contribution is 14.0. The number of nitrogens with one attached hydrogen (secondary N) is 2. The summed E-state index contributed by atoms with van der Waals surface area (Å²) < 4.78 is 0. The van der Waals surface area contributed by atoms with Crippen molar-refractivity contribution in [3.8, 4) is 0 Å². The predicted octanol–water partition coefficient (Wildman–Crippen LogP) is 2.88. The lowest BCUT2D eigenvalue weighted by molar-refractivity contribution is -0.122. The Kier molecular flexibility index (Phi) is 6.16. The number of halogens is 1. The summed E-state index contributed by atoms with van der Waals surface area (Å²) in [4.78, 5) is 30.8. The van der Waals surface area contributed by atoms with Crippen molar-refractivity contribution in [1.29, 1.82) is 0 Å². The van der Waals surface area contributed by atoms with Gasteiger partial charge in [0.15, 0.2) is 5.96 Å². The van der Waals surface area contributed by atoms with E-state index in [4.69, 9.17) is 5.73 Å². The van der Waals surface area contributed by atoms with Gasteiger partial charge in [-0.2, -0.15) is 0 Å². The van der Waals surface area contributed by atoms with Gasteiger partial charge in [-0.1, -0.05) is 25.0 Å². The van der Waals surface area contributed by atoms with Crippen molar-refractivity contribution in [3.63, 3.8) is 0 Å². The number of carbonyl (C=O) groups is 2. The van der Waals surface area contributed by atoms with Crippen LogP contribution in [0, 0.1) is 5.92 Å². The van der Waals surface area contributed by atoms with Crippen LogP contribution in [0.2, 0.25) is 0 Å². The number of amides is 3. The summed E-state index contributed by atoms with van der Waals surface area (Å²) in [5.41, 5.74) is 6.77. The lowest BCUT2D eigenvalue weighted by Crippen LogP contribution is -2.46. The molecule has 28 heavy (non-hydrogen) atoms. The van der Waals surface area contributed by atoms with Gasteiger partial charge in [0, 0.05) is 6.04 Å². The third-order valence-electron chi connectivity index (χ3n) is 5.94. The van der Waals surface area contributed by atoms with Gasteiger partial charge < -0.3 is 16.4 Å². The van der Waals surface area contributed by atoms with Gasteiger partial charge in [-0.3, -0.25) is 4.79 Å². The summed E-state index contributed by atoms with van der Waals surface area (Å²) in [6.45, 7) is 2.29. The zero-order valence-electron chi connectivity index (χ0n) is 16.1. The predicted molar refractivity (Wildman–Crippen MR) is 120 cm³/mol. The molecule has 4 N–H and O–H groups in total. The molecule has 3 fully saturated rings. The van der Waals surface area contributed by atoms with Crippen LogP contribution in [0.1, 0.15) is 51.0 Å². The number of urea groups is 1. The van der Waals surface area contributed by atoms with Crippen molar-refractivity contribution in [2.45, 2.75) is 63.6 Å². The van der Waals surface area contributed by atoms with Gasteiger partial charge >= 0.3 is 6.03 Å². The van der Waals surface area contributed by atoms with Crippen LogP contribution in [0.3, 0.4) is 0 Å². The summed E-state index contributed by atoms with van der Waals surface area (Å²) in [5.74, 6) is 0.564. The maximum atomic E-state index is 12.8. The standard InChI is InChI=1S/C20H27N5O2.HI/c1-20(14-8-9-14)17(26)25(19(27)24-20)16-10-6-13(7-11-16)12-22-18(21)23-15-4-2-3-5-15;/h6-7,10-11,14-15H,2-5,8-9,12H2,1H3,(H,24,27)(H3,21,22,23);1H. The van der Waals surface area contributed by atoms with E-state index in [2.05, 4.69) is 15.6 Å². The molecule has 0 radical (unpaired) electrons. The van der Waals surface area contributed by atoms with E-state index in [0.29, 0.717) is 24.2 Å². The van der Waals surface area contributed by atoms with Crippen molar-refractivity contribution in [2.24, 2.45) is 16.6 Å². The number of hydrogen-bond donors (Lipinski definition) is 3. The lowest BCUT2D eigenvalue weighted by Gasteiger charge is -2.21. The molecule has 7 nitrogen and oxygen atoms in total. The molecule has 0 bridgehead atoms. The van der Waals surface area contributed by atoms with E-state index in [1.165, 1.54) is 17.7 Å². The zero-order valence-corrected chi connectivity index (χ0v) is 18.4. The number of imide groups is 1. The fraction of sp³-hybridized carbons (Fsp3) is 0.550. The largest absolute Gasteiger partial charge is 0.370 e. The molecule has 2 saturated carbocycles. The molecule has 2 aliphatic carbocycles. The van der Waals surface area contributed by atoms with Crippen molar-refractivity contribution in [2.75, 3.05) is 4.90 Å². The molecule has 3 aliphatic rings. The molecular formula is C20H28IN5O2. The molecule has 3 amide bonds. The summed E-state index contributed by atoms with van der Waals surface area (Å²) in [6, 6.07) is 7.45. The molecule has 1 aromatic carbocycles. The Hall–Kier alpha value is -1.84. The molecule has 1 aliphatic heterocycles. The average Bonchev–Trinajstić information content (AvgIpc) is 3.34. The maximum Gasteiger partial charge on any atom is 0.329 e. The third kappa shape index (κ3) is 4.11. The second-order valence-electron chi connectivity index (χ2n) is 8.04. The number of rotatable bonds is 5. The summed E-state index contributed by atoms with van der Waals surface area (Å²) in [7, 11) is 0. The van der Waals surface area contributed by atoms with Gasteiger partial charge in [0.05, 0.1) is 12.2 Å². The number of nitrogens with zero attached hydrogens (tertiary/aromatic N) is 2.